The van der Waals surface area contributed by atoms with E-state index >= 15 is 0 Å². The molecule has 2 atom stereocenters. The van der Waals surface area contributed by atoms with E-state index in [4.69, 9.17) is 0 Å². The molecule has 0 N–H and O–H groups in total. The summed E-state index contributed by atoms with van der Waals surface area (Å²) in [7, 11) is 0. The maximum absolute atomic E-state index is 4.54. The van der Waals surface area contributed by atoms with Gasteiger partial charge in [-0.05, 0) is 50.7 Å². The van der Waals surface area contributed by atoms with Crippen LogP contribution in [0.3, 0.4) is 0 Å². The molecular formula is C18H25N. The van der Waals surface area contributed by atoms with Crippen molar-refractivity contribution in [3.8, 4) is 11.8 Å². The van der Waals surface area contributed by atoms with Crippen LogP contribution < -0.4 is 0 Å². The Kier molecular flexibility index (Phi) is 6.36. The van der Waals surface area contributed by atoms with Gasteiger partial charge in [-0.1, -0.05) is 38.0 Å². The van der Waals surface area contributed by atoms with Crippen molar-refractivity contribution >= 4 is 5.71 Å². The molecule has 0 fully saturated rings. The van der Waals surface area contributed by atoms with Crippen molar-refractivity contribution in [1.29, 1.82) is 0 Å². The molecule has 2 unspecified atom stereocenters. The molecule has 0 aromatic heterocycles. The van der Waals surface area contributed by atoms with Gasteiger partial charge in [0.1, 0.15) is 0 Å². The number of allylic oxidation sites excluding steroid dienone is 5. The average Bonchev–Trinajstić information content (AvgIpc) is 2.44. The molecule has 19 heavy (non-hydrogen) atoms. The molecule has 1 aliphatic carbocycles. The molecule has 0 saturated carbocycles. The minimum atomic E-state index is 0.299. The second-order valence-corrected chi connectivity index (χ2v) is 4.96. The summed E-state index contributed by atoms with van der Waals surface area (Å²) in [6.07, 6.45) is 10.5. The van der Waals surface area contributed by atoms with E-state index in [2.05, 4.69) is 49.8 Å². The normalized spacial score (nSPS) is 21.5. The molecule has 102 valence electrons. The van der Waals surface area contributed by atoms with Gasteiger partial charge in [-0.15, -0.1) is 5.92 Å². The summed E-state index contributed by atoms with van der Waals surface area (Å²) in [5.74, 6) is 7.26. The number of rotatable bonds is 4. The molecule has 0 radical (unpaired) electrons. The molecule has 0 saturated heterocycles. The lowest BCUT2D eigenvalue weighted by atomic mass is 9.80. The summed E-state index contributed by atoms with van der Waals surface area (Å²) in [5, 5.41) is 0. The Bertz CT molecular complexity index is 478. The van der Waals surface area contributed by atoms with Gasteiger partial charge in [0.25, 0.3) is 0 Å². The van der Waals surface area contributed by atoms with Crippen molar-refractivity contribution in [2.24, 2.45) is 16.8 Å². The maximum Gasteiger partial charge on any atom is 0.0507 e. The van der Waals surface area contributed by atoms with Crippen molar-refractivity contribution in [2.45, 2.75) is 47.5 Å². The minimum absolute atomic E-state index is 0.299. The fourth-order valence-electron chi connectivity index (χ4n) is 2.41. The van der Waals surface area contributed by atoms with Crippen LogP contribution in [0.1, 0.15) is 47.5 Å². The molecule has 0 aliphatic heterocycles. The number of nitrogens with zero attached hydrogens (tertiary/aromatic N) is 1. The third-order valence-electron chi connectivity index (χ3n) is 3.60. The predicted octanol–water partition coefficient (Wildman–Crippen LogP) is 4.92. The van der Waals surface area contributed by atoms with Crippen LogP contribution in [-0.4, -0.2) is 5.71 Å². The lowest BCUT2D eigenvalue weighted by molar-refractivity contribution is 0.645. The highest BCUT2D eigenvalue weighted by atomic mass is 14.7. The Morgan fingerprint density at radius 1 is 1.58 bits per heavy atom. The van der Waals surface area contributed by atoms with Crippen LogP contribution in [0.25, 0.3) is 0 Å². The number of aliphatic imine (C=N–C) groups is 1. The first-order valence-corrected chi connectivity index (χ1v) is 7.14. The van der Waals surface area contributed by atoms with E-state index in [0.717, 1.165) is 18.6 Å². The summed E-state index contributed by atoms with van der Waals surface area (Å²) < 4.78 is 0. The fourth-order valence-corrected chi connectivity index (χ4v) is 2.41. The molecule has 1 rings (SSSR count). The van der Waals surface area contributed by atoms with Crippen molar-refractivity contribution in [3.63, 3.8) is 0 Å². The first kappa shape index (κ1) is 15.5. The molecule has 1 heteroatoms. The van der Waals surface area contributed by atoms with E-state index in [1.54, 1.807) is 0 Å². The highest BCUT2D eigenvalue weighted by molar-refractivity contribution is 6.01. The van der Waals surface area contributed by atoms with Gasteiger partial charge in [-0.3, -0.25) is 4.99 Å². The van der Waals surface area contributed by atoms with Crippen LogP contribution in [-0.2, 0) is 0 Å². The van der Waals surface area contributed by atoms with Crippen LogP contribution in [0.2, 0.25) is 0 Å². The third kappa shape index (κ3) is 3.96. The average molecular weight is 255 g/mol. The zero-order valence-corrected chi connectivity index (χ0v) is 12.8. The van der Waals surface area contributed by atoms with Crippen LogP contribution in [0.15, 0.2) is 40.6 Å². The minimum Gasteiger partial charge on any atom is -0.262 e. The Hall–Kier alpha value is -1.55. The summed E-state index contributed by atoms with van der Waals surface area (Å²) in [6.45, 7) is 10.5. The second-order valence-electron chi connectivity index (χ2n) is 4.96. The fraction of sp³-hybridized carbons (Fsp3) is 0.500. The highest BCUT2D eigenvalue weighted by Gasteiger charge is 2.22. The number of hydrogen-bond acceptors (Lipinski definition) is 1. The molecule has 0 aromatic carbocycles. The quantitative estimate of drug-likeness (QED) is 0.499. The molecule has 0 spiro atoms. The van der Waals surface area contributed by atoms with Gasteiger partial charge in [-0.2, -0.15) is 0 Å². The number of hydrogen-bond donors (Lipinski definition) is 0. The van der Waals surface area contributed by atoms with Crippen LogP contribution in [0.5, 0.6) is 0 Å². The van der Waals surface area contributed by atoms with Crippen LogP contribution in [0.4, 0.5) is 0 Å². The standard InChI is InChI=1S/C18H25N/c1-6-10-16-11-9-12-17(14(4)8-3)18(16)15(5)19-13-7-2/h7,9,12-14,16H,8,11H2,1-5H3/b13-7-,19-15?. The summed E-state index contributed by atoms with van der Waals surface area (Å²) in [4.78, 5) is 4.54. The molecule has 1 aliphatic rings. The highest BCUT2D eigenvalue weighted by Crippen LogP contribution is 2.32. The molecular weight excluding hydrogens is 230 g/mol. The van der Waals surface area contributed by atoms with Gasteiger partial charge in [0.2, 0.25) is 0 Å². The third-order valence-corrected chi connectivity index (χ3v) is 3.60. The van der Waals surface area contributed by atoms with Gasteiger partial charge in [-0.25, -0.2) is 0 Å². The first-order valence-electron chi connectivity index (χ1n) is 7.14. The lowest BCUT2D eigenvalue weighted by Gasteiger charge is -2.25. The van der Waals surface area contributed by atoms with Gasteiger partial charge in [0.05, 0.1) is 5.92 Å². The second kappa shape index (κ2) is 7.79. The Morgan fingerprint density at radius 2 is 2.32 bits per heavy atom. The summed E-state index contributed by atoms with van der Waals surface area (Å²) in [6, 6.07) is 0. The van der Waals surface area contributed by atoms with E-state index in [1.807, 2.05) is 26.1 Å². The van der Waals surface area contributed by atoms with Crippen LogP contribution in [0, 0.1) is 23.7 Å². The zero-order chi connectivity index (χ0) is 14.3. The molecule has 0 bridgehead atoms. The van der Waals surface area contributed by atoms with E-state index < -0.39 is 0 Å². The Labute approximate surface area is 118 Å². The van der Waals surface area contributed by atoms with Gasteiger partial charge < -0.3 is 0 Å². The van der Waals surface area contributed by atoms with Gasteiger partial charge in [0.15, 0.2) is 0 Å². The summed E-state index contributed by atoms with van der Waals surface area (Å²) in [5.41, 5.74) is 3.85. The molecule has 1 nitrogen and oxygen atoms in total. The first-order chi connectivity index (χ1) is 9.15. The van der Waals surface area contributed by atoms with Crippen molar-refractivity contribution in [2.75, 3.05) is 0 Å². The Balaban J connectivity index is 3.31. The van der Waals surface area contributed by atoms with Gasteiger partial charge >= 0.3 is 0 Å². The van der Waals surface area contributed by atoms with E-state index in [9.17, 15) is 0 Å². The van der Waals surface area contributed by atoms with E-state index in [-0.39, 0.29) is 0 Å². The SMILES string of the molecule is CC#CC1CC=CC(C(C)CC)=C1C(C)=N/C=C\C. The summed E-state index contributed by atoms with van der Waals surface area (Å²) >= 11 is 0. The van der Waals surface area contributed by atoms with E-state index in [1.165, 1.54) is 11.1 Å². The van der Waals surface area contributed by atoms with Crippen LogP contribution >= 0.6 is 0 Å². The smallest absolute Gasteiger partial charge is 0.0507 e. The lowest BCUT2D eigenvalue weighted by Crippen LogP contribution is -2.17. The topological polar surface area (TPSA) is 12.4 Å². The van der Waals surface area contributed by atoms with Crippen molar-refractivity contribution in [3.05, 3.63) is 35.6 Å². The van der Waals surface area contributed by atoms with Gasteiger partial charge in [0, 0.05) is 11.9 Å². The maximum atomic E-state index is 4.54. The molecule has 0 amide bonds. The largest absolute Gasteiger partial charge is 0.262 e. The zero-order valence-electron chi connectivity index (χ0n) is 12.8. The van der Waals surface area contributed by atoms with E-state index in [0.29, 0.717) is 11.8 Å². The monoisotopic (exact) mass is 255 g/mol. The van der Waals surface area contributed by atoms with Crippen molar-refractivity contribution in [1.82, 2.24) is 0 Å². The molecule has 0 aromatic rings. The van der Waals surface area contributed by atoms with Crippen molar-refractivity contribution < 1.29 is 0 Å². The Morgan fingerprint density at radius 3 is 2.89 bits per heavy atom. The molecule has 0 heterocycles. The predicted molar refractivity (Wildman–Crippen MR) is 85.1 cm³/mol.